The summed E-state index contributed by atoms with van der Waals surface area (Å²) in [5.41, 5.74) is 3.18. The number of rotatable bonds is 4. The van der Waals surface area contributed by atoms with Crippen molar-refractivity contribution in [3.63, 3.8) is 0 Å². The van der Waals surface area contributed by atoms with Gasteiger partial charge in [0.05, 0.1) is 23.2 Å². The van der Waals surface area contributed by atoms with Gasteiger partial charge in [-0.25, -0.2) is 14.8 Å². The zero-order valence-corrected chi connectivity index (χ0v) is 15.2. The molecule has 0 aliphatic rings. The number of halogens is 1. The maximum Gasteiger partial charge on any atom is 0.340 e. The predicted molar refractivity (Wildman–Crippen MR) is 97.3 cm³/mol. The second kappa shape index (κ2) is 7.02. The number of nitrogens with one attached hydrogen (secondary N) is 2. The van der Waals surface area contributed by atoms with Crippen LogP contribution in [0.5, 0.6) is 0 Å². The van der Waals surface area contributed by atoms with Crippen molar-refractivity contribution >= 4 is 44.7 Å². The molecule has 0 spiro atoms. The Labute approximate surface area is 151 Å². The highest BCUT2D eigenvalue weighted by molar-refractivity contribution is 9.10. The summed E-state index contributed by atoms with van der Waals surface area (Å²) >= 11 is 3.32. The lowest BCUT2D eigenvalue weighted by molar-refractivity contribution is -0.114. The van der Waals surface area contributed by atoms with Crippen LogP contribution in [0, 0.1) is 0 Å². The molecule has 3 heterocycles. The number of carbonyl (C=O) groups is 2. The minimum absolute atomic E-state index is 0.198. The molecule has 0 fully saturated rings. The molecule has 3 rings (SSSR count). The Kier molecular flexibility index (Phi) is 4.80. The molecule has 0 aliphatic heterocycles. The Morgan fingerprint density at radius 3 is 2.84 bits per heavy atom. The monoisotopic (exact) mass is 402 g/mol. The van der Waals surface area contributed by atoms with E-state index < -0.39 is 5.97 Å². The third-order valence-electron chi connectivity index (χ3n) is 3.43. The van der Waals surface area contributed by atoms with Crippen molar-refractivity contribution in [3.8, 4) is 11.3 Å². The first kappa shape index (κ1) is 17.1. The third kappa shape index (κ3) is 3.69. The lowest BCUT2D eigenvalue weighted by atomic mass is 10.2. The Hall–Kier alpha value is -2.74. The van der Waals surface area contributed by atoms with E-state index >= 15 is 0 Å². The molecule has 25 heavy (non-hydrogen) atoms. The molecular weight excluding hydrogens is 388 g/mol. The summed E-state index contributed by atoms with van der Waals surface area (Å²) in [6, 6.07) is 6.99. The van der Waals surface area contributed by atoms with Gasteiger partial charge in [-0.1, -0.05) is 0 Å². The summed E-state index contributed by atoms with van der Waals surface area (Å²) in [5.74, 6) is -0.169. The second-order valence-electron chi connectivity index (χ2n) is 5.27. The summed E-state index contributed by atoms with van der Waals surface area (Å²) in [6.45, 7) is 3.47. The van der Waals surface area contributed by atoms with E-state index in [4.69, 9.17) is 4.74 Å². The van der Waals surface area contributed by atoms with Gasteiger partial charge in [0, 0.05) is 24.4 Å². The lowest BCUT2D eigenvalue weighted by Crippen LogP contribution is -2.07. The summed E-state index contributed by atoms with van der Waals surface area (Å²) in [6.07, 6.45) is 1.60. The fourth-order valence-corrected chi connectivity index (χ4v) is 2.87. The summed E-state index contributed by atoms with van der Waals surface area (Å²) in [5, 5.41) is 2.64. The number of hydrogen-bond donors (Lipinski definition) is 2. The van der Waals surface area contributed by atoms with Crippen LogP contribution < -0.4 is 5.32 Å². The molecule has 8 heteroatoms. The smallest absolute Gasteiger partial charge is 0.340 e. The SMILES string of the molecule is CCOC(=O)c1cc(Br)nc2cc(-c3ccnc(NC(C)=O)c3)[nH]c12. The second-order valence-corrected chi connectivity index (χ2v) is 6.08. The van der Waals surface area contributed by atoms with Crippen LogP contribution in [0.3, 0.4) is 0 Å². The van der Waals surface area contributed by atoms with Crippen LogP contribution >= 0.6 is 15.9 Å². The number of H-pyrrole nitrogens is 1. The molecule has 0 radical (unpaired) electrons. The molecule has 128 valence electrons. The standard InChI is InChI=1S/C17H15BrN4O3/c1-3-25-17(24)11-7-14(18)21-13-8-12(22-16(11)13)10-4-5-19-15(6-10)20-9(2)23/h4-8,22H,3H2,1-2H3,(H,19,20,23). The topological polar surface area (TPSA) is 97.0 Å². The highest BCUT2D eigenvalue weighted by Crippen LogP contribution is 2.28. The van der Waals surface area contributed by atoms with Gasteiger partial charge in [0.2, 0.25) is 5.91 Å². The van der Waals surface area contributed by atoms with E-state index in [9.17, 15) is 9.59 Å². The molecule has 0 aliphatic carbocycles. The number of esters is 1. The maximum absolute atomic E-state index is 12.2. The first-order chi connectivity index (χ1) is 12.0. The van der Waals surface area contributed by atoms with Crippen molar-refractivity contribution in [2.24, 2.45) is 0 Å². The molecule has 7 nitrogen and oxygen atoms in total. The quantitative estimate of drug-likeness (QED) is 0.513. The number of nitrogens with zero attached hydrogens (tertiary/aromatic N) is 2. The Balaban J connectivity index is 2.08. The van der Waals surface area contributed by atoms with Crippen LogP contribution in [0.15, 0.2) is 35.1 Å². The number of fused-ring (bicyclic) bond motifs is 1. The number of pyridine rings is 2. The first-order valence-electron chi connectivity index (χ1n) is 7.58. The van der Waals surface area contributed by atoms with Gasteiger partial charge in [-0.3, -0.25) is 4.79 Å². The molecule has 3 aromatic heterocycles. The molecule has 0 bridgehead atoms. The Bertz CT molecular complexity index is 968. The largest absolute Gasteiger partial charge is 0.462 e. The van der Waals surface area contributed by atoms with Crippen molar-refractivity contribution < 1.29 is 14.3 Å². The van der Waals surface area contributed by atoms with E-state index in [1.165, 1.54) is 6.92 Å². The van der Waals surface area contributed by atoms with Crippen LogP contribution in [-0.4, -0.2) is 33.4 Å². The highest BCUT2D eigenvalue weighted by Gasteiger charge is 2.16. The van der Waals surface area contributed by atoms with E-state index in [-0.39, 0.29) is 12.5 Å². The minimum atomic E-state index is -0.419. The van der Waals surface area contributed by atoms with Crippen LogP contribution in [0.1, 0.15) is 24.2 Å². The van der Waals surface area contributed by atoms with Crippen LogP contribution in [0.4, 0.5) is 5.82 Å². The number of aromatic nitrogens is 3. The maximum atomic E-state index is 12.2. The lowest BCUT2D eigenvalue weighted by Gasteiger charge is -2.04. The van der Waals surface area contributed by atoms with Crippen LogP contribution in [0.2, 0.25) is 0 Å². The van der Waals surface area contributed by atoms with Gasteiger partial charge >= 0.3 is 5.97 Å². The number of aromatic amines is 1. The number of hydrogen-bond acceptors (Lipinski definition) is 5. The van der Waals surface area contributed by atoms with E-state index in [0.717, 1.165) is 11.3 Å². The number of carbonyl (C=O) groups excluding carboxylic acids is 2. The zero-order chi connectivity index (χ0) is 18.0. The molecule has 3 aromatic rings. The fraction of sp³-hybridized carbons (Fsp3) is 0.176. The number of anilines is 1. The molecular formula is C17H15BrN4O3. The van der Waals surface area contributed by atoms with Gasteiger partial charge < -0.3 is 15.0 Å². The van der Waals surface area contributed by atoms with Crippen molar-refractivity contribution in [1.29, 1.82) is 0 Å². The van der Waals surface area contributed by atoms with E-state index in [1.54, 1.807) is 31.3 Å². The van der Waals surface area contributed by atoms with Crippen molar-refractivity contribution in [1.82, 2.24) is 15.0 Å². The molecule has 2 N–H and O–H groups in total. The van der Waals surface area contributed by atoms with Gasteiger partial charge in [-0.05, 0) is 47.1 Å². The van der Waals surface area contributed by atoms with Gasteiger partial charge in [0.1, 0.15) is 10.4 Å². The summed E-state index contributed by atoms with van der Waals surface area (Å²) in [7, 11) is 0. The normalized spacial score (nSPS) is 10.7. The van der Waals surface area contributed by atoms with Gasteiger partial charge in [-0.15, -0.1) is 0 Å². The average Bonchev–Trinajstić information content (AvgIpc) is 2.97. The van der Waals surface area contributed by atoms with Gasteiger partial charge in [0.15, 0.2) is 0 Å². The van der Waals surface area contributed by atoms with Crippen molar-refractivity contribution in [3.05, 3.63) is 40.6 Å². The van der Waals surface area contributed by atoms with Gasteiger partial charge in [-0.2, -0.15) is 0 Å². The van der Waals surface area contributed by atoms with Crippen LogP contribution in [-0.2, 0) is 9.53 Å². The molecule has 0 aromatic carbocycles. The molecule has 1 amide bonds. The Morgan fingerprint density at radius 1 is 1.32 bits per heavy atom. The zero-order valence-electron chi connectivity index (χ0n) is 13.6. The van der Waals surface area contributed by atoms with Crippen molar-refractivity contribution in [2.45, 2.75) is 13.8 Å². The van der Waals surface area contributed by atoms with E-state index in [2.05, 4.69) is 36.2 Å². The molecule has 0 atom stereocenters. The number of ether oxygens (including phenoxy) is 1. The van der Waals surface area contributed by atoms with Crippen molar-refractivity contribution in [2.75, 3.05) is 11.9 Å². The first-order valence-corrected chi connectivity index (χ1v) is 8.37. The highest BCUT2D eigenvalue weighted by atomic mass is 79.9. The molecule has 0 saturated carbocycles. The average molecular weight is 403 g/mol. The number of amides is 1. The Morgan fingerprint density at radius 2 is 2.12 bits per heavy atom. The predicted octanol–water partition coefficient (Wildman–Crippen LogP) is 3.52. The summed E-state index contributed by atoms with van der Waals surface area (Å²) < 4.78 is 5.65. The van der Waals surface area contributed by atoms with Gasteiger partial charge in [0.25, 0.3) is 0 Å². The third-order valence-corrected chi connectivity index (χ3v) is 3.83. The summed E-state index contributed by atoms with van der Waals surface area (Å²) in [4.78, 5) is 35.1. The minimum Gasteiger partial charge on any atom is -0.462 e. The fourth-order valence-electron chi connectivity index (χ4n) is 2.45. The van der Waals surface area contributed by atoms with Crippen LogP contribution in [0.25, 0.3) is 22.3 Å². The molecule has 0 unspecified atom stereocenters. The molecule has 0 saturated heterocycles. The van der Waals surface area contributed by atoms with E-state index in [1.807, 2.05) is 6.07 Å². The van der Waals surface area contributed by atoms with E-state index in [0.29, 0.717) is 27.0 Å².